The van der Waals surface area contributed by atoms with Crippen LogP contribution in [-0.4, -0.2) is 53.1 Å². The van der Waals surface area contributed by atoms with E-state index in [1.165, 1.54) is 40.4 Å². The lowest BCUT2D eigenvalue weighted by Crippen LogP contribution is -2.43. The molecule has 5 rings (SSSR count). The quantitative estimate of drug-likeness (QED) is 0.605. The highest BCUT2D eigenvalue weighted by Gasteiger charge is 2.23. The molecule has 32 heavy (non-hydrogen) atoms. The normalized spacial score (nSPS) is 17.5. The zero-order valence-electron chi connectivity index (χ0n) is 19.1. The van der Waals surface area contributed by atoms with Crippen molar-refractivity contribution in [1.29, 1.82) is 0 Å². The molecule has 5 nitrogen and oxygen atoms in total. The Morgan fingerprint density at radius 3 is 2.59 bits per heavy atom. The van der Waals surface area contributed by atoms with Crippen LogP contribution < -0.4 is 5.32 Å². The largest absolute Gasteiger partial charge is 0.350 e. The average Bonchev–Trinajstić information content (AvgIpc) is 3.18. The van der Waals surface area contributed by atoms with E-state index < -0.39 is 0 Å². The number of nitrogens with zero attached hydrogens (tertiary/aromatic N) is 3. The Morgan fingerprint density at radius 1 is 1.00 bits per heavy atom. The number of aromatic nitrogens is 1. The summed E-state index contributed by atoms with van der Waals surface area (Å²) in [5.74, 6) is 0.652. The predicted molar refractivity (Wildman–Crippen MR) is 130 cm³/mol. The number of fused-ring (bicyclic) bond motifs is 2. The van der Waals surface area contributed by atoms with E-state index in [1.54, 1.807) is 0 Å². The van der Waals surface area contributed by atoms with Crippen LogP contribution in [0.25, 0.3) is 10.9 Å². The van der Waals surface area contributed by atoms with Crippen molar-refractivity contribution in [3.8, 4) is 0 Å². The lowest BCUT2D eigenvalue weighted by atomic mass is 9.89. The zero-order valence-corrected chi connectivity index (χ0v) is 19.1. The third kappa shape index (κ3) is 4.40. The number of carbonyl (C=O) groups is 1. The summed E-state index contributed by atoms with van der Waals surface area (Å²) < 4.78 is 2.26. The maximum atomic E-state index is 12.6. The van der Waals surface area contributed by atoms with Crippen molar-refractivity contribution in [3.63, 3.8) is 0 Å². The van der Waals surface area contributed by atoms with Crippen LogP contribution in [0.5, 0.6) is 0 Å². The summed E-state index contributed by atoms with van der Waals surface area (Å²) in [6.45, 7) is 5.63. The number of aryl methyl sites for hydroxylation is 1. The van der Waals surface area contributed by atoms with E-state index in [0.717, 1.165) is 52.1 Å². The molecule has 0 bridgehead atoms. The number of para-hydroxylation sites is 1. The van der Waals surface area contributed by atoms with E-state index in [-0.39, 0.29) is 6.03 Å². The first-order chi connectivity index (χ1) is 15.7. The number of carbonyl (C=O) groups excluding carboxylic acids is 1. The molecule has 0 atom stereocenters. The van der Waals surface area contributed by atoms with Crippen LogP contribution in [0.15, 0.2) is 54.7 Å². The molecule has 3 aromatic rings. The number of rotatable bonds is 5. The van der Waals surface area contributed by atoms with Crippen molar-refractivity contribution in [2.24, 2.45) is 7.05 Å². The number of amides is 2. The summed E-state index contributed by atoms with van der Waals surface area (Å²) >= 11 is 0. The van der Waals surface area contributed by atoms with E-state index >= 15 is 0 Å². The van der Waals surface area contributed by atoms with Gasteiger partial charge in [-0.15, -0.1) is 0 Å². The molecule has 168 valence electrons. The lowest BCUT2D eigenvalue weighted by Gasteiger charge is -2.32. The Kier molecular flexibility index (Phi) is 6.17. The highest BCUT2D eigenvalue weighted by molar-refractivity contribution is 5.84. The first-order valence-corrected chi connectivity index (χ1v) is 12.0. The number of nitrogens with one attached hydrogen (secondary N) is 1. The highest BCUT2D eigenvalue weighted by Crippen LogP contribution is 2.34. The van der Waals surface area contributed by atoms with Gasteiger partial charge >= 0.3 is 6.03 Å². The van der Waals surface area contributed by atoms with Crippen molar-refractivity contribution >= 4 is 16.9 Å². The predicted octanol–water partition coefficient (Wildman–Crippen LogP) is 4.52. The summed E-state index contributed by atoms with van der Waals surface area (Å²) in [5, 5.41) is 4.55. The van der Waals surface area contributed by atoms with Crippen molar-refractivity contribution < 1.29 is 4.79 Å². The molecule has 0 unspecified atom stereocenters. The minimum absolute atomic E-state index is 0.0779. The highest BCUT2D eigenvalue weighted by atomic mass is 16.2. The summed E-state index contributed by atoms with van der Waals surface area (Å²) in [6.07, 6.45) is 6.73. The van der Waals surface area contributed by atoms with Crippen LogP contribution in [0.1, 0.15) is 41.9 Å². The average molecular weight is 431 g/mol. The molecule has 0 aliphatic carbocycles. The molecule has 2 aromatic carbocycles. The van der Waals surface area contributed by atoms with E-state index in [1.807, 2.05) is 4.90 Å². The Bertz CT molecular complexity index is 1080. The first kappa shape index (κ1) is 21.1. The van der Waals surface area contributed by atoms with Gasteiger partial charge in [-0.2, -0.15) is 0 Å². The third-order valence-corrected chi connectivity index (χ3v) is 7.30. The van der Waals surface area contributed by atoms with Crippen molar-refractivity contribution in [2.75, 3.05) is 32.7 Å². The monoisotopic (exact) mass is 430 g/mol. The van der Waals surface area contributed by atoms with Gasteiger partial charge in [0.05, 0.1) is 0 Å². The molecule has 2 aliphatic rings. The van der Waals surface area contributed by atoms with E-state index in [2.05, 4.69) is 76.6 Å². The van der Waals surface area contributed by atoms with E-state index in [4.69, 9.17) is 0 Å². The smallest absolute Gasteiger partial charge is 0.317 e. The Morgan fingerprint density at radius 2 is 1.75 bits per heavy atom. The summed E-state index contributed by atoms with van der Waals surface area (Å²) in [5.41, 5.74) is 5.50. The van der Waals surface area contributed by atoms with Gasteiger partial charge in [0, 0.05) is 43.8 Å². The van der Waals surface area contributed by atoms with Gasteiger partial charge in [-0.25, -0.2) is 4.79 Å². The fourth-order valence-corrected chi connectivity index (χ4v) is 5.44. The van der Waals surface area contributed by atoms with E-state index in [9.17, 15) is 4.79 Å². The summed E-state index contributed by atoms with van der Waals surface area (Å²) in [6, 6.07) is 17.3. The number of hydrogen-bond donors (Lipinski definition) is 1. The van der Waals surface area contributed by atoms with Gasteiger partial charge in [-0.05, 0) is 74.0 Å². The maximum absolute atomic E-state index is 12.6. The Hall–Kier alpha value is -2.79. The second kappa shape index (κ2) is 9.37. The molecule has 1 saturated heterocycles. The number of benzene rings is 2. The van der Waals surface area contributed by atoms with Crippen molar-refractivity contribution in [3.05, 3.63) is 71.4 Å². The van der Waals surface area contributed by atoms with Gasteiger partial charge < -0.3 is 19.7 Å². The molecule has 1 N–H and O–H groups in total. The molecule has 0 saturated carbocycles. The minimum Gasteiger partial charge on any atom is -0.350 e. The van der Waals surface area contributed by atoms with Crippen LogP contribution in [0.2, 0.25) is 0 Å². The van der Waals surface area contributed by atoms with E-state index in [0.29, 0.717) is 5.92 Å². The summed E-state index contributed by atoms with van der Waals surface area (Å²) in [4.78, 5) is 17.1. The fraction of sp³-hybridized carbons (Fsp3) is 0.444. The number of likely N-dealkylation sites (tertiary alicyclic amines) is 1. The van der Waals surface area contributed by atoms with Crippen LogP contribution in [0, 0.1) is 0 Å². The molecule has 2 aliphatic heterocycles. The van der Waals surface area contributed by atoms with Crippen LogP contribution >= 0.6 is 0 Å². The summed E-state index contributed by atoms with van der Waals surface area (Å²) in [7, 11) is 2.15. The molecule has 2 amide bonds. The van der Waals surface area contributed by atoms with Crippen LogP contribution in [0.4, 0.5) is 4.79 Å². The maximum Gasteiger partial charge on any atom is 0.317 e. The molecular weight excluding hydrogens is 396 g/mol. The first-order valence-electron chi connectivity index (χ1n) is 12.0. The zero-order chi connectivity index (χ0) is 21.9. The van der Waals surface area contributed by atoms with Gasteiger partial charge in [0.15, 0.2) is 0 Å². The topological polar surface area (TPSA) is 40.5 Å². The molecule has 1 aromatic heterocycles. The lowest BCUT2D eigenvalue weighted by molar-refractivity contribution is 0.188. The van der Waals surface area contributed by atoms with Crippen LogP contribution in [0.3, 0.4) is 0 Å². The second-order valence-corrected chi connectivity index (χ2v) is 9.35. The Balaban J connectivity index is 1.05. The van der Waals surface area contributed by atoms with Gasteiger partial charge in [0.1, 0.15) is 0 Å². The molecule has 1 fully saturated rings. The number of urea groups is 1. The van der Waals surface area contributed by atoms with Crippen molar-refractivity contribution in [1.82, 2.24) is 19.7 Å². The molecule has 0 radical (unpaired) electrons. The standard InChI is InChI=1S/C27H34N4O/c1-29-20-25(24-9-4-5-10-26(24)29)22-11-16-30(17-12-22)15-6-14-28-27(32)31-18-13-21-7-2-3-8-23(21)19-31/h2-5,7-10,20,22H,6,11-19H2,1H3,(H,28,32). The minimum atomic E-state index is 0.0779. The van der Waals surface area contributed by atoms with Gasteiger partial charge in [0.2, 0.25) is 0 Å². The fourth-order valence-electron chi connectivity index (χ4n) is 5.44. The Labute approximate surface area is 191 Å². The van der Waals surface area contributed by atoms with Gasteiger partial charge in [-0.3, -0.25) is 0 Å². The molecule has 3 heterocycles. The third-order valence-electron chi connectivity index (χ3n) is 7.30. The van der Waals surface area contributed by atoms with Crippen molar-refractivity contribution in [2.45, 2.75) is 38.1 Å². The molecule has 5 heteroatoms. The SMILES string of the molecule is Cn1cc(C2CCN(CCCNC(=O)N3CCc4ccccc4C3)CC2)c2ccccc21. The van der Waals surface area contributed by atoms with Gasteiger partial charge in [-0.1, -0.05) is 42.5 Å². The van der Waals surface area contributed by atoms with Crippen LogP contribution in [-0.2, 0) is 20.0 Å². The second-order valence-electron chi connectivity index (χ2n) is 9.35. The number of hydrogen-bond acceptors (Lipinski definition) is 2. The van der Waals surface area contributed by atoms with Gasteiger partial charge in [0.25, 0.3) is 0 Å². The molecular formula is C27H34N4O. The molecule has 0 spiro atoms. The number of piperidine rings is 1.